The normalized spacial score (nSPS) is 10.9. The Kier molecular flexibility index (Phi) is 4.62. The van der Waals surface area contributed by atoms with Gasteiger partial charge in [-0.2, -0.15) is 0 Å². The molecule has 0 aliphatic carbocycles. The zero-order chi connectivity index (χ0) is 16.3. The van der Waals surface area contributed by atoms with E-state index in [2.05, 4.69) is 0 Å². The molecule has 0 bridgehead atoms. The lowest BCUT2D eigenvalue weighted by Gasteiger charge is -1.99. The third-order valence-corrected chi connectivity index (χ3v) is 3.11. The number of halogens is 3. The van der Waals surface area contributed by atoms with Gasteiger partial charge in [0.25, 0.3) is 5.69 Å². The van der Waals surface area contributed by atoms with Gasteiger partial charge in [-0.3, -0.25) is 14.9 Å². The van der Waals surface area contributed by atoms with Gasteiger partial charge < -0.3 is 0 Å². The molecule has 2 rings (SSSR count). The largest absolute Gasteiger partial charge is 0.289 e. The van der Waals surface area contributed by atoms with Gasteiger partial charge in [0.2, 0.25) is 0 Å². The highest BCUT2D eigenvalue weighted by molar-refractivity contribution is 6.32. The number of ketones is 1. The van der Waals surface area contributed by atoms with Gasteiger partial charge in [0.15, 0.2) is 5.78 Å². The quantitative estimate of drug-likeness (QED) is 0.362. The summed E-state index contributed by atoms with van der Waals surface area (Å²) in [7, 11) is 0. The maximum atomic E-state index is 13.4. The van der Waals surface area contributed by atoms with Crippen molar-refractivity contribution >= 4 is 29.1 Å². The number of carbonyl (C=O) groups excluding carboxylic acids is 1. The highest BCUT2D eigenvalue weighted by atomic mass is 35.5. The van der Waals surface area contributed by atoms with Crippen LogP contribution in [0.4, 0.5) is 14.5 Å². The number of nitro benzene ring substituents is 1. The van der Waals surface area contributed by atoms with E-state index in [0.29, 0.717) is 5.56 Å². The van der Waals surface area contributed by atoms with E-state index in [1.807, 2.05) is 0 Å². The first kappa shape index (κ1) is 15.8. The van der Waals surface area contributed by atoms with Gasteiger partial charge in [-0.1, -0.05) is 23.7 Å². The Morgan fingerprint density at radius 3 is 2.59 bits per heavy atom. The number of nitrogens with zero attached hydrogens (tertiary/aromatic N) is 1. The van der Waals surface area contributed by atoms with Crippen molar-refractivity contribution in [2.24, 2.45) is 0 Å². The fourth-order valence-electron chi connectivity index (χ4n) is 1.72. The average molecular weight is 324 g/mol. The SMILES string of the molecule is O=C(/C=C/c1ccc(Cl)c([N+](=O)[O-])c1)c1cc(F)ccc1F. The number of rotatable bonds is 4. The predicted molar refractivity (Wildman–Crippen MR) is 77.8 cm³/mol. The molecule has 2 aromatic carbocycles. The summed E-state index contributed by atoms with van der Waals surface area (Å²) in [5.41, 5.74) is -0.394. The minimum atomic E-state index is -0.849. The van der Waals surface area contributed by atoms with Crippen LogP contribution < -0.4 is 0 Å². The number of hydrogen-bond acceptors (Lipinski definition) is 3. The first-order chi connectivity index (χ1) is 10.4. The number of allylic oxidation sites excluding steroid dienone is 1. The van der Waals surface area contributed by atoms with Crippen molar-refractivity contribution in [3.8, 4) is 0 Å². The smallest absolute Gasteiger partial charge is 0.288 e. The minimum absolute atomic E-state index is 0.0374. The first-order valence-electron chi connectivity index (χ1n) is 6.00. The number of benzene rings is 2. The van der Waals surface area contributed by atoms with E-state index in [-0.39, 0.29) is 10.7 Å². The van der Waals surface area contributed by atoms with Crippen molar-refractivity contribution < 1.29 is 18.5 Å². The second-order valence-electron chi connectivity index (χ2n) is 4.29. The van der Waals surface area contributed by atoms with Crippen molar-refractivity contribution in [2.75, 3.05) is 0 Å². The van der Waals surface area contributed by atoms with Crippen LogP contribution in [0.2, 0.25) is 5.02 Å². The summed E-state index contributed by atoms with van der Waals surface area (Å²) in [6, 6.07) is 6.48. The average Bonchev–Trinajstić information content (AvgIpc) is 2.48. The summed E-state index contributed by atoms with van der Waals surface area (Å²) in [5, 5.41) is 10.7. The summed E-state index contributed by atoms with van der Waals surface area (Å²) >= 11 is 5.66. The van der Waals surface area contributed by atoms with Gasteiger partial charge in [0, 0.05) is 6.07 Å². The van der Waals surface area contributed by atoms with Gasteiger partial charge in [-0.05, 0) is 35.9 Å². The van der Waals surface area contributed by atoms with Crippen LogP contribution in [0.15, 0.2) is 42.5 Å². The van der Waals surface area contributed by atoms with Crippen LogP contribution in [0.5, 0.6) is 0 Å². The molecule has 0 aliphatic rings. The second-order valence-corrected chi connectivity index (χ2v) is 4.70. The molecule has 2 aromatic rings. The van der Waals surface area contributed by atoms with Crippen molar-refractivity contribution in [3.63, 3.8) is 0 Å². The molecule has 0 spiro atoms. The van der Waals surface area contributed by atoms with Crippen LogP contribution in [0, 0.1) is 21.7 Å². The Balaban J connectivity index is 2.28. The van der Waals surface area contributed by atoms with Crippen LogP contribution >= 0.6 is 11.6 Å². The van der Waals surface area contributed by atoms with Crippen molar-refractivity contribution in [2.45, 2.75) is 0 Å². The molecule has 0 aromatic heterocycles. The molecule has 0 fully saturated rings. The summed E-state index contributed by atoms with van der Waals surface area (Å²) in [6.45, 7) is 0. The zero-order valence-electron chi connectivity index (χ0n) is 10.9. The Labute approximate surface area is 128 Å². The number of nitro groups is 1. The molecular weight excluding hydrogens is 316 g/mol. The molecule has 22 heavy (non-hydrogen) atoms. The molecule has 0 radical (unpaired) electrons. The zero-order valence-corrected chi connectivity index (χ0v) is 11.7. The van der Waals surface area contributed by atoms with Gasteiger partial charge in [0.1, 0.15) is 16.7 Å². The Hall–Kier alpha value is -2.60. The molecule has 0 amide bonds. The topological polar surface area (TPSA) is 60.2 Å². The van der Waals surface area contributed by atoms with Crippen molar-refractivity contribution in [1.82, 2.24) is 0 Å². The Bertz CT molecular complexity index is 790. The van der Waals surface area contributed by atoms with Gasteiger partial charge in [0.05, 0.1) is 10.5 Å². The van der Waals surface area contributed by atoms with E-state index < -0.39 is 27.9 Å². The molecule has 112 valence electrons. The third-order valence-electron chi connectivity index (χ3n) is 2.79. The van der Waals surface area contributed by atoms with Gasteiger partial charge in [-0.15, -0.1) is 0 Å². The number of carbonyl (C=O) groups is 1. The lowest BCUT2D eigenvalue weighted by atomic mass is 10.1. The van der Waals surface area contributed by atoms with E-state index in [1.54, 1.807) is 0 Å². The van der Waals surface area contributed by atoms with Crippen LogP contribution in [0.3, 0.4) is 0 Å². The first-order valence-corrected chi connectivity index (χ1v) is 6.37. The van der Waals surface area contributed by atoms with Crippen LogP contribution in [-0.4, -0.2) is 10.7 Å². The predicted octanol–water partition coefficient (Wildman–Crippen LogP) is 4.42. The molecule has 4 nitrogen and oxygen atoms in total. The van der Waals surface area contributed by atoms with Crippen molar-refractivity contribution in [1.29, 1.82) is 0 Å². The minimum Gasteiger partial charge on any atom is -0.289 e. The van der Waals surface area contributed by atoms with Crippen LogP contribution in [0.1, 0.15) is 15.9 Å². The monoisotopic (exact) mass is 323 g/mol. The molecule has 0 saturated carbocycles. The Morgan fingerprint density at radius 2 is 1.91 bits per heavy atom. The summed E-state index contributed by atoms with van der Waals surface area (Å²) in [4.78, 5) is 21.9. The number of hydrogen-bond donors (Lipinski definition) is 0. The van der Waals surface area contributed by atoms with E-state index in [1.165, 1.54) is 24.3 Å². The molecule has 0 N–H and O–H groups in total. The summed E-state index contributed by atoms with van der Waals surface area (Å²) < 4.78 is 26.5. The maximum absolute atomic E-state index is 13.4. The summed E-state index contributed by atoms with van der Waals surface area (Å²) in [6.07, 6.45) is 2.26. The molecule has 0 heterocycles. The summed E-state index contributed by atoms with van der Waals surface area (Å²) in [5.74, 6) is -2.34. The van der Waals surface area contributed by atoms with E-state index in [4.69, 9.17) is 11.6 Å². The Morgan fingerprint density at radius 1 is 1.18 bits per heavy atom. The van der Waals surface area contributed by atoms with E-state index in [9.17, 15) is 23.7 Å². The lowest BCUT2D eigenvalue weighted by Crippen LogP contribution is -1.99. The van der Waals surface area contributed by atoms with Crippen LogP contribution in [0.25, 0.3) is 6.08 Å². The lowest BCUT2D eigenvalue weighted by molar-refractivity contribution is -0.384. The standard InChI is InChI=1S/C15H8ClF2NO3/c16-12-4-1-9(7-14(12)19(21)22)2-6-15(20)11-8-10(17)3-5-13(11)18/h1-8H/b6-2+. The molecular formula is C15H8ClF2NO3. The van der Waals surface area contributed by atoms with Crippen molar-refractivity contribution in [3.05, 3.63) is 80.4 Å². The van der Waals surface area contributed by atoms with Gasteiger partial charge in [-0.25, -0.2) is 8.78 Å². The maximum Gasteiger partial charge on any atom is 0.288 e. The molecule has 0 aliphatic heterocycles. The fraction of sp³-hybridized carbons (Fsp3) is 0. The fourth-order valence-corrected chi connectivity index (χ4v) is 1.91. The molecule has 7 heteroatoms. The van der Waals surface area contributed by atoms with E-state index in [0.717, 1.165) is 24.3 Å². The highest BCUT2D eigenvalue weighted by Gasteiger charge is 2.13. The van der Waals surface area contributed by atoms with Crippen LogP contribution in [-0.2, 0) is 0 Å². The molecule has 0 unspecified atom stereocenters. The highest BCUT2D eigenvalue weighted by Crippen LogP contribution is 2.25. The van der Waals surface area contributed by atoms with E-state index >= 15 is 0 Å². The third kappa shape index (κ3) is 3.53. The van der Waals surface area contributed by atoms with Gasteiger partial charge >= 0.3 is 0 Å². The molecule has 0 atom stereocenters. The second kappa shape index (κ2) is 6.44. The molecule has 0 saturated heterocycles.